The molecule has 1 N–H and O–H groups in total. The first-order valence-corrected chi connectivity index (χ1v) is 9.83. The summed E-state index contributed by atoms with van der Waals surface area (Å²) in [5.74, 6) is -0.458. The van der Waals surface area contributed by atoms with Crippen molar-refractivity contribution in [3.63, 3.8) is 0 Å². The van der Waals surface area contributed by atoms with E-state index in [4.69, 9.17) is 4.74 Å². The fourth-order valence-corrected chi connectivity index (χ4v) is 2.84. The lowest BCUT2D eigenvalue weighted by Gasteiger charge is -2.24. The normalized spacial score (nSPS) is 12.5. The van der Waals surface area contributed by atoms with Crippen LogP contribution in [-0.2, 0) is 21.4 Å². The summed E-state index contributed by atoms with van der Waals surface area (Å²) in [6, 6.07) is 4.95. The van der Waals surface area contributed by atoms with Crippen molar-refractivity contribution in [2.75, 3.05) is 18.6 Å². The minimum absolute atomic E-state index is 0.122. The molecule has 140 valence electrons. The largest absolute Gasteiger partial charge is 0.548 e. The van der Waals surface area contributed by atoms with E-state index in [1.807, 2.05) is 18.4 Å². The van der Waals surface area contributed by atoms with Crippen molar-refractivity contribution in [2.24, 2.45) is 0 Å². The zero-order valence-electron chi connectivity index (χ0n) is 15.7. The maximum Gasteiger partial charge on any atom is 0.258 e. The molecule has 0 aromatic heterocycles. The van der Waals surface area contributed by atoms with Crippen LogP contribution in [0.2, 0.25) is 0 Å². The molecule has 0 saturated carbocycles. The molecule has 5 nitrogen and oxygen atoms in total. The topological polar surface area (TPSA) is 78.5 Å². The Labute approximate surface area is 154 Å². The summed E-state index contributed by atoms with van der Waals surface area (Å²) in [6.45, 7) is 8.12. The molecule has 6 heteroatoms. The minimum Gasteiger partial charge on any atom is -0.548 e. The number of ether oxygens (including phenoxy) is 1. The highest BCUT2D eigenvalue weighted by Gasteiger charge is 2.20. The summed E-state index contributed by atoms with van der Waals surface area (Å²) in [5.41, 5.74) is 2.11. The molecule has 1 amide bonds. The van der Waals surface area contributed by atoms with Crippen LogP contribution in [0.15, 0.2) is 18.2 Å². The molecule has 0 unspecified atom stereocenters. The van der Waals surface area contributed by atoms with E-state index < -0.39 is 17.9 Å². The van der Waals surface area contributed by atoms with E-state index >= 15 is 0 Å². The third kappa shape index (κ3) is 6.98. The van der Waals surface area contributed by atoms with Crippen molar-refractivity contribution < 1.29 is 19.4 Å². The van der Waals surface area contributed by atoms with Gasteiger partial charge in [0.2, 0.25) is 0 Å². The molecule has 1 atom stereocenters. The molecule has 0 bridgehead atoms. The van der Waals surface area contributed by atoms with Crippen molar-refractivity contribution >= 4 is 23.6 Å². The lowest BCUT2D eigenvalue weighted by molar-refractivity contribution is -0.308. The van der Waals surface area contributed by atoms with Gasteiger partial charge in [0.25, 0.3) is 5.91 Å². The van der Waals surface area contributed by atoms with E-state index in [9.17, 15) is 14.7 Å². The Bertz CT molecular complexity index is 596. The van der Waals surface area contributed by atoms with E-state index in [2.05, 4.69) is 39.1 Å². The van der Waals surface area contributed by atoms with Gasteiger partial charge in [0.1, 0.15) is 5.75 Å². The molecule has 0 spiro atoms. The summed E-state index contributed by atoms with van der Waals surface area (Å²) < 4.78 is 5.68. The Morgan fingerprint density at radius 3 is 2.52 bits per heavy atom. The highest BCUT2D eigenvalue weighted by molar-refractivity contribution is 7.98. The molecule has 0 radical (unpaired) electrons. The molecule has 0 saturated heterocycles. The standard InChI is InChI=1S/C19H29NO4S/c1-6-13-7-8-16(14(11-13)19(2,3)4)24-12-17(21)20-15(18(22)23)9-10-25-5/h7-8,11,15H,6,9-10,12H2,1-5H3,(H,20,21)(H,22,23)/p-1/t15-/m0/s1. The number of benzene rings is 1. The molecule has 0 heterocycles. The first-order chi connectivity index (χ1) is 11.7. The van der Waals surface area contributed by atoms with Crippen molar-refractivity contribution in [3.05, 3.63) is 29.3 Å². The molecular weight excluding hydrogens is 338 g/mol. The van der Waals surface area contributed by atoms with Crippen LogP contribution in [0.1, 0.15) is 45.2 Å². The van der Waals surface area contributed by atoms with Gasteiger partial charge in [0, 0.05) is 0 Å². The monoisotopic (exact) mass is 366 g/mol. The van der Waals surface area contributed by atoms with Crippen LogP contribution in [-0.4, -0.2) is 36.5 Å². The van der Waals surface area contributed by atoms with Crippen LogP contribution in [0.3, 0.4) is 0 Å². The van der Waals surface area contributed by atoms with Gasteiger partial charge in [0.15, 0.2) is 6.61 Å². The highest BCUT2D eigenvalue weighted by Crippen LogP contribution is 2.32. The van der Waals surface area contributed by atoms with Crippen LogP contribution in [0.4, 0.5) is 0 Å². The number of thioether (sulfide) groups is 1. The number of carboxylic acids is 1. The first-order valence-electron chi connectivity index (χ1n) is 8.44. The second kappa shape index (κ2) is 9.70. The maximum absolute atomic E-state index is 12.0. The minimum atomic E-state index is -1.27. The number of carboxylic acid groups (broad SMARTS) is 1. The van der Waals surface area contributed by atoms with E-state index in [1.165, 1.54) is 17.3 Å². The number of amides is 1. The summed E-state index contributed by atoms with van der Waals surface area (Å²) in [7, 11) is 0. The lowest BCUT2D eigenvalue weighted by atomic mass is 9.85. The van der Waals surface area contributed by atoms with Gasteiger partial charge in [-0.1, -0.05) is 39.8 Å². The predicted octanol–water partition coefficient (Wildman–Crippen LogP) is 1.91. The summed E-state index contributed by atoms with van der Waals surface area (Å²) >= 11 is 1.52. The van der Waals surface area contributed by atoms with E-state index in [0.717, 1.165) is 12.0 Å². The molecule has 1 aromatic carbocycles. The van der Waals surface area contributed by atoms with Crippen LogP contribution < -0.4 is 15.2 Å². The molecule has 1 aromatic rings. The molecule has 0 fully saturated rings. The fourth-order valence-electron chi connectivity index (χ4n) is 2.37. The van der Waals surface area contributed by atoms with Gasteiger partial charge >= 0.3 is 0 Å². The summed E-state index contributed by atoms with van der Waals surface area (Å²) in [4.78, 5) is 23.1. The van der Waals surface area contributed by atoms with Crippen molar-refractivity contribution in [2.45, 2.75) is 52.0 Å². The molecule has 0 aliphatic rings. The van der Waals surface area contributed by atoms with Crippen molar-refractivity contribution in [1.82, 2.24) is 5.32 Å². The number of hydrogen-bond donors (Lipinski definition) is 1. The van der Waals surface area contributed by atoms with Crippen LogP contribution in [0.5, 0.6) is 5.75 Å². The van der Waals surface area contributed by atoms with E-state index in [1.54, 1.807) is 0 Å². The van der Waals surface area contributed by atoms with Gasteiger partial charge in [-0.2, -0.15) is 11.8 Å². The Morgan fingerprint density at radius 2 is 2.00 bits per heavy atom. The van der Waals surface area contributed by atoms with Gasteiger partial charge in [-0.15, -0.1) is 0 Å². The SMILES string of the molecule is CCc1ccc(OCC(=O)N[C@@H](CCSC)C(=O)[O-])c(C(C)(C)C)c1. The van der Waals surface area contributed by atoms with Gasteiger partial charge < -0.3 is 20.0 Å². The quantitative estimate of drug-likeness (QED) is 0.722. The molecular formula is C19H28NO4S-. The van der Waals surface area contributed by atoms with Gasteiger partial charge in [-0.3, -0.25) is 4.79 Å². The number of carbonyl (C=O) groups is 2. The number of hydrogen-bond acceptors (Lipinski definition) is 5. The van der Waals surface area contributed by atoms with Gasteiger partial charge in [0.05, 0.1) is 12.0 Å². The molecule has 0 aliphatic carbocycles. The lowest BCUT2D eigenvalue weighted by Crippen LogP contribution is -2.49. The maximum atomic E-state index is 12.0. The van der Waals surface area contributed by atoms with Crippen LogP contribution in [0.25, 0.3) is 0 Å². The number of nitrogens with one attached hydrogen (secondary N) is 1. The van der Waals surface area contributed by atoms with Crippen LogP contribution >= 0.6 is 11.8 Å². The second-order valence-corrected chi connectivity index (χ2v) is 7.93. The van der Waals surface area contributed by atoms with E-state index in [-0.39, 0.29) is 12.0 Å². The summed E-state index contributed by atoms with van der Waals surface area (Å²) in [5, 5.41) is 13.6. The Hall–Kier alpha value is -1.69. The number of rotatable bonds is 9. The molecule has 0 aliphatic heterocycles. The van der Waals surface area contributed by atoms with Gasteiger partial charge in [-0.05, 0) is 47.5 Å². The zero-order chi connectivity index (χ0) is 19.0. The first kappa shape index (κ1) is 21.4. The Balaban J connectivity index is 2.76. The number of carbonyl (C=O) groups excluding carboxylic acids is 2. The van der Waals surface area contributed by atoms with E-state index in [0.29, 0.717) is 17.9 Å². The highest BCUT2D eigenvalue weighted by atomic mass is 32.2. The fraction of sp³-hybridized carbons (Fsp3) is 0.579. The zero-order valence-corrected chi connectivity index (χ0v) is 16.5. The predicted molar refractivity (Wildman–Crippen MR) is 100.0 cm³/mol. The van der Waals surface area contributed by atoms with Gasteiger partial charge in [-0.25, -0.2) is 0 Å². The second-order valence-electron chi connectivity index (χ2n) is 6.94. The average molecular weight is 367 g/mol. The molecule has 25 heavy (non-hydrogen) atoms. The van der Waals surface area contributed by atoms with Crippen molar-refractivity contribution in [1.29, 1.82) is 0 Å². The number of aryl methyl sites for hydroxylation is 1. The van der Waals surface area contributed by atoms with Crippen molar-refractivity contribution in [3.8, 4) is 5.75 Å². The third-order valence-corrected chi connectivity index (χ3v) is 4.49. The average Bonchev–Trinajstić information content (AvgIpc) is 2.55. The Kier molecular flexibility index (Phi) is 8.29. The van der Waals surface area contributed by atoms with Crippen LogP contribution in [0, 0.1) is 0 Å². The Morgan fingerprint density at radius 1 is 1.32 bits per heavy atom. The smallest absolute Gasteiger partial charge is 0.258 e. The third-order valence-electron chi connectivity index (χ3n) is 3.85. The molecule has 1 rings (SSSR count). The summed E-state index contributed by atoms with van der Waals surface area (Å²) in [6.07, 6.45) is 3.13. The number of aliphatic carboxylic acids is 1.